The van der Waals surface area contributed by atoms with Crippen LogP contribution >= 0.6 is 23.5 Å². The summed E-state index contributed by atoms with van der Waals surface area (Å²) in [5.74, 6) is 0. The molecule has 0 atom stereocenters. The summed E-state index contributed by atoms with van der Waals surface area (Å²) in [6, 6.07) is 84.6. The van der Waals surface area contributed by atoms with Gasteiger partial charge in [0.1, 0.15) is 0 Å². The molecule has 4 nitrogen and oxygen atoms in total. The number of nitrogens with zero attached hydrogens (tertiary/aromatic N) is 4. The Morgan fingerprint density at radius 1 is 0.320 bits per heavy atom. The molecule has 4 aliphatic heterocycles. The number of para-hydroxylation sites is 6. The van der Waals surface area contributed by atoms with Crippen molar-refractivity contribution in [2.75, 3.05) is 4.90 Å². The lowest BCUT2D eigenvalue weighted by atomic mass is 9.32. The number of benzene rings is 11. The second kappa shape index (κ2) is 14.8. The van der Waals surface area contributed by atoms with E-state index in [-0.39, 0.29) is 13.4 Å². The zero-order chi connectivity index (χ0) is 48.8. The van der Waals surface area contributed by atoms with Crippen molar-refractivity contribution in [3.8, 4) is 17.1 Å². The minimum atomic E-state index is 0.0608. The third kappa shape index (κ3) is 5.23. The molecule has 0 saturated carbocycles. The Bertz CT molecular complexity index is 4880. The summed E-state index contributed by atoms with van der Waals surface area (Å²) >= 11 is 3.90. The number of aryl methyl sites for hydroxylation is 1. The molecule has 346 valence electrons. The van der Waals surface area contributed by atoms with E-state index in [4.69, 9.17) is 0 Å². The fourth-order valence-electron chi connectivity index (χ4n) is 14.2. The highest BCUT2D eigenvalue weighted by atomic mass is 32.2. The van der Waals surface area contributed by atoms with Crippen LogP contribution in [0.25, 0.3) is 82.5 Å². The smallest absolute Gasteiger partial charge is 0.249 e. The number of rotatable bonds is 3. The normalized spacial score (nSPS) is 13.7. The molecule has 0 aliphatic carbocycles. The van der Waals surface area contributed by atoms with E-state index in [1.165, 1.54) is 157 Å². The maximum Gasteiger partial charge on any atom is 0.249 e. The third-order valence-electron chi connectivity index (χ3n) is 17.1. The van der Waals surface area contributed by atoms with E-state index in [9.17, 15) is 0 Å². The molecule has 8 heteroatoms. The maximum atomic E-state index is 2.64. The second-order valence-electron chi connectivity index (χ2n) is 20.7. The molecule has 0 amide bonds. The molecule has 0 spiro atoms. The molecule has 18 rings (SSSR count). The zero-order valence-electron chi connectivity index (χ0n) is 40.6. The first-order valence-electron chi connectivity index (χ1n) is 26.0. The van der Waals surface area contributed by atoms with Crippen LogP contribution in [0, 0.1) is 6.92 Å². The van der Waals surface area contributed by atoms with Gasteiger partial charge in [-0.3, -0.25) is 0 Å². The number of anilines is 3. The first kappa shape index (κ1) is 40.9. The van der Waals surface area contributed by atoms with Crippen LogP contribution in [-0.4, -0.2) is 27.1 Å². The summed E-state index contributed by atoms with van der Waals surface area (Å²) in [6.07, 6.45) is 0. The van der Waals surface area contributed by atoms with Crippen molar-refractivity contribution in [2.24, 2.45) is 0 Å². The summed E-state index contributed by atoms with van der Waals surface area (Å²) in [4.78, 5) is 7.95. The van der Waals surface area contributed by atoms with Crippen molar-refractivity contribution >= 4 is 152 Å². The van der Waals surface area contributed by atoms with Crippen molar-refractivity contribution in [1.82, 2.24) is 13.7 Å². The average Bonchev–Trinajstić information content (AvgIpc) is 4.14. The van der Waals surface area contributed by atoms with Crippen molar-refractivity contribution < 1.29 is 0 Å². The molecule has 0 bridgehead atoms. The molecule has 4 aliphatic rings. The van der Waals surface area contributed by atoms with E-state index in [2.05, 4.69) is 250 Å². The Morgan fingerprint density at radius 2 is 0.853 bits per heavy atom. The average molecular weight is 987 g/mol. The molecular weight excluding hydrogens is 947 g/mol. The lowest BCUT2D eigenvalue weighted by molar-refractivity contribution is 1.16. The van der Waals surface area contributed by atoms with E-state index in [0.29, 0.717) is 0 Å². The van der Waals surface area contributed by atoms with Crippen molar-refractivity contribution in [2.45, 2.75) is 26.5 Å². The Labute approximate surface area is 441 Å². The molecule has 0 saturated heterocycles. The first-order valence-corrected chi connectivity index (χ1v) is 27.6. The lowest BCUT2D eigenvalue weighted by Crippen LogP contribution is -2.63. The van der Waals surface area contributed by atoms with Crippen LogP contribution in [0.15, 0.2) is 244 Å². The van der Waals surface area contributed by atoms with Crippen LogP contribution in [0.2, 0.25) is 0 Å². The van der Waals surface area contributed by atoms with Gasteiger partial charge in [0.05, 0.1) is 33.3 Å². The van der Waals surface area contributed by atoms with Gasteiger partial charge in [-0.25, -0.2) is 0 Å². The van der Waals surface area contributed by atoms with Gasteiger partial charge in [0.2, 0.25) is 13.4 Å². The molecule has 11 aromatic carbocycles. The summed E-state index contributed by atoms with van der Waals surface area (Å²) in [6.45, 7) is 2.46. The van der Waals surface area contributed by atoms with Gasteiger partial charge in [-0.2, -0.15) is 0 Å². The number of aromatic nitrogens is 3. The lowest BCUT2D eigenvalue weighted by Gasteiger charge is -2.41. The van der Waals surface area contributed by atoms with Gasteiger partial charge >= 0.3 is 0 Å². The van der Waals surface area contributed by atoms with E-state index in [0.717, 1.165) is 0 Å². The fraction of sp³-hybridized carbons (Fsp3) is 0.0149. The Morgan fingerprint density at radius 3 is 1.57 bits per heavy atom. The van der Waals surface area contributed by atoms with Gasteiger partial charge in [0, 0.05) is 85.9 Å². The van der Waals surface area contributed by atoms with E-state index in [1.807, 2.05) is 23.5 Å². The van der Waals surface area contributed by atoms with Gasteiger partial charge in [-0.1, -0.05) is 174 Å². The summed E-state index contributed by atoms with van der Waals surface area (Å²) in [5.41, 5.74) is 24.4. The predicted molar refractivity (Wildman–Crippen MR) is 319 cm³/mol. The van der Waals surface area contributed by atoms with Crippen LogP contribution in [0.3, 0.4) is 0 Å². The van der Waals surface area contributed by atoms with E-state index in [1.54, 1.807) is 0 Å². The summed E-state index contributed by atoms with van der Waals surface area (Å²) in [7, 11) is 0. The zero-order valence-corrected chi connectivity index (χ0v) is 42.3. The van der Waals surface area contributed by atoms with Crippen molar-refractivity contribution in [3.63, 3.8) is 0 Å². The summed E-state index contributed by atoms with van der Waals surface area (Å²) in [5, 5.41) is 7.70. The molecule has 0 fully saturated rings. The maximum absolute atomic E-state index is 2.64. The third-order valence-corrected chi connectivity index (χ3v) is 19.4. The highest BCUT2D eigenvalue weighted by molar-refractivity contribution is 8.01. The van der Waals surface area contributed by atoms with Gasteiger partial charge in [-0.15, -0.1) is 0 Å². The Kier molecular flexibility index (Phi) is 8.08. The minimum Gasteiger partial charge on any atom is -0.311 e. The highest BCUT2D eigenvalue weighted by Gasteiger charge is 2.45. The summed E-state index contributed by atoms with van der Waals surface area (Å²) < 4.78 is 7.58. The molecule has 14 aromatic rings. The highest BCUT2D eigenvalue weighted by Crippen LogP contribution is 2.48. The minimum absolute atomic E-state index is 0.0608. The fourth-order valence-corrected chi connectivity index (χ4v) is 16.7. The monoisotopic (exact) mass is 986 g/mol. The molecule has 0 N–H and O–H groups in total. The number of fused-ring (bicyclic) bond motifs is 18. The SMILES string of the molecule is Cc1c(N2c3ccccc3B3c4cc5c(cc4Sc4cccc2c43)Sc2cccc3c2B5c2cccc4c5c(ccc6c7ccccc7n(-c7ccccc7)c65)n-3c24)ccc2c3ccccc3n(-c3ccccc3)c12. The number of hydrogen-bond acceptors (Lipinski definition) is 3. The van der Waals surface area contributed by atoms with Crippen LogP contribution in [0.4, 0.5) is 17.1 Å². The van der Waals surface area contributed by atoms with E-state index < -0.39 is 0 Å². The largest absolute Gasteiger partial charge is 0.311 e. The number of hydrogen-bond donors (Lipinski definition) is 0. The van der Waals surface area contributed by atoms with Crippen LogP contribution < -0.4 is 37.7 Å². The quantitative estimate of drug-likeness (QED) is 0.164. The molecule has 3 aromatic heterocycles. The topological polar surface area (TPSA) is 18.0 Å². The molecule has 0 unspecified atom stereocenters. The van der Waals surface area contributed by atoms with Gasteiger partial charge < -0.3 is 18.6 Å². The van der Waals surface area contributed by atoms with E-state index >= 15 is 0 Å². The molecule has 7 heterocycles. The molecule has 75 heavy (non-hydrogen) atoms. The van der Waals surface area contributed by atoms with Gasteiger partial charge in [0.15, 0.2) is 0 Å². The van der Waals surface area contributed by atoms with Gasteiger partial charge in [-0.05, 0) is 119 Å². The standard InChI is InChI=1S/C67H40B2N4S2/c1-39-51(35-33-44-42-21-8-11-26-52(42)70(65(39)44)40-17-4-2-5-18-40)72-54-28-13-10-24-47(54)68-49-37-50-61(38-60(49)74-58-31-15-29-56(72)63(58)68)75-59-32-16-30-57-64(59)69(50)48-25-14-23-46-62-55(73(57)66(46)48)36-34-45-43-22-9-12-27-53(43)71(67(45)62)41-19-6-3-7-20-41/h2-38H,1H3. The van der Waals surface area contributed by atoms with Gasteiger partial charge in [0.25, 0.3) is 0 Å². The van der Waals surface area contributed by atoms with Crippen LogP contribution in [0.5, 0.6) is 0 Å². The van der Waals surface area contributed by atoms with Crippen molar-refractivity contribution in [3.05, 3.63) is 230 Å². The first-order chi connectivity index (χ1) is 37.2. The Hall–Kier alpha value is -8.55. The molecule has 0 radical (unpaired) electrons. The Balaban J connectivity index is 0.853. The molecular formula is C67H40B2N4S2. The van der Waals surface area contributed by atoms with Crippen LogP contribution in [-0.2, 0) is 0 Å². The second-order valence-corrected chi connectivity index (χ2v) is 22.9. The van der Waals surface area contributed by atoms with Crippen molar-refractivity contribution in [1.29, 1.82) is 0 Å². The van der Waals surface area contributed by atoms with Crippen LogP contribution in [0.1, 0.15) is 5.56 Å². The predicted octanol–water partition coefficient (Wildman–Crippen LogP) is 13.3.